The van der Waals surface area contributed by atoms with E-state index in [2.05, 4.69) is 0 Å². The van der Waals surface area contributed by atoms with Crippen molar-refractivity contribution < 1.29 is 13.2 Å². The molecule has 20 heavy (non-hydrogen) atoms. The molecule has 0 aliphatic rings. The molecule has 1 atom stereocenters. The van der Waals surface area contributed by atoms with Crippen LogP contribution in [0.25, 0.3) is 0 Å². The van der Waals surface area contributed by atoms with Crippen LogP contribution in [0, 0.1) is 17.2 Å². The molecule has 0 heterocycles. The van der Waals surface area contributed by atoms with E-state index in [4.69, 9.17) is 15.7 Å². The van der Waals surface area contributed by atoms with Gasteiger partial charge in [-0.2, -0.15) is 5.26 Å². The van der Waals surface area contributed by atoms with Crippen molar-refractivity contribution >= 4 is 15.7 Å². The van der Waals surface area contributed by atoms with Crippen LogP contribution in [0.15, 0.2) is 24.3 Å². The number of nitriles is 1. The summed E-state index contributed by atoms with van der Waals surface area (Å²) in [6.07, 6.45) is 0. The van der Waals surface area contributed by atoms with E-state index in [0.29, 0.717) is 11.4 Å². The molecule has 0 aliphatic heterocycles. The predicted octanol–water partition coefficient (Wildman–Crippen LogP) is 1.07. The first-order chi connectivity index (χ1) is 9.35. The molecule has 2 N–H and O–H groups in total. The molecule has 7 heteroatoms. The summed E-state index contributed by atoms with van der Waals surface area (Å²) in [5.41, 5.74) is 6.16. The van der Waals surface area contributed by atoms with Crippen molar-refractivity contribution in [1.29, 1.82) is 5.26 Å². The third-order valence-electron chi connectivity index (χ3n) is 2.69. The van der Waals surface area contributed by atoms with Crippen molar-refractivity contribution in [3.8, 4) is 11.8 Å². The third-order valence-corrected chi connectivity index (χ3v) is 4.48. The molecule has 6 nitrogen and oxygen atoms in total. The Labute approximate surface area is 119 Å². The molecule has 1 unspecified atom stereocenters. The van der Waals surface area contributed by atoms with E-state index in [1.807, 2.05) is 6.07 Å². The van der Waals surface area contributed by atoms with Gasteiger partial charge in [-0.1, -0.05) is 6.07 Å². The van der Waals surface area contributed by atoms with Crippen LogP contribution < -0.4 is 10.5 Å². The first-order valence-corrected chi connectivity index (χ1v) is 7.78. The smallest absolute Gasteiger partial charge is 0.217 e. The summed E-state index contributed by atoms with van der Waals surface area (Å²) >= 11 is 0. The Morgan fingerprint density at radius 1 is 1.50 bits per heavy atom. The summed E-state index contributed by atoms with van der Waals surface area (Å²) in [6, 6.07) is 8.81. The normalized spacial score (nSPS) is 12.9. The Morgan fingerprint density at radius 3 is 2.80 bits per heavy atom. The van der Waals surface area contributed by atoms with Crippen molar-refractivity contribution in [3.63, 3.8) is 0 Å². The predicted molar refractivity (Wildman–Crippen MR) is 77.5 cm³/mol. The first kappa shape index (κ1) is 16.3. The van der Waals surface area contributed by atoms with Crippen molar-refractivity contribution in [2.45, 2.75) is 6.92 Å². The number of hydrogen-bond donors (Lipinski definition) is 1. The molecule has 0 aliphatic carbocycles. The summed E-state index contributed by atoms with van der Waals surface area (Å²) in [5, 5.41) is 8.69. The minimum Gasteiger partial charge on any atom is -0.492 e. The number of nitrogen functional groups attached to an aromatic ring is 1. The molecule has 1 aromatic carbocycles. The second-order valence-electron chi connectivity index (χ2n) is 4.55. The van der Waals surface area contributed by atoms with Gasteiger partial charge in [-0.05, 0) is 19.1 Å². The van der Waals surface area contributed by atoms with Gasteiger partial charge in [0.1, 0.15) is 12.4 Å². The lowest BCUT2D eigenvalue weighted by Crippen LogP contribution is -2.34. The third kappa shape index (κ3) is 5.07. The molecule has 0 bridgehead atoms. The number of hydrogen-bond acceptors (Lipinski definition) is 5. The Hall–Kier alpha value is -1.78. The quantitative estimate of drug-likeness (QED) is 0.759. The maximum atomic E-state index is 12.0. The van der Waals surface area contributed by atoms with Gasteiger partial charge in [-0.25, -0.2) is 12.7 Å². The van der Waals surface area contributed by atoms with Gasteiger partial charge < -0.3 is 10.5 Å². The molecule has 1 aromatic rings. The van der Waals surface area contributed by atoms with E-state index in [0.717, 1.165) is 0 Å². The van der Waals surface area contributed by atoms with E-state index in [1.54, 1.807) is 31.2 Å². The van der Waals surface area contributed by atoms with Gasteiger partial charge in [0, 0.05) is 25.3 Å². The number of nitrogens with zero attached hydrogens (tertiary/aromatic N) is 2. The molecule has 0 amide bonds. The molecular formula is C13H19N3O3S. The summed E-state index contributed by atoms with van der Waals surface area (Å²) in [6.45, 7) is 1.89. The summed E-state index contributed by atoms with van der Waals surface area (Å²) in [5.74, 6) is 0.0501. The highest BCUT2D eigenvalue weighted by Crippen LogP contribution is 2.14. The Kier molecular flexibility index (Phi) is 5.80. The molecule has 0 saturated heterocycles. The highest BCUT2D eigenvalue weighted by molar-refractivity contribution is 7.89. The highest BCUT2D eigenvalue weighted by Gasteiger charge is 2.19. The van der Waals surface area contributed by atoms with Gasteiger partial charge in [0.25, 0.3) is 0 Å². The Morgan fingerprint density at radius 2 is 2.20 bits per heavy atom. The maximum absolute atomic E-state index is 12.0. The maximum Gasteiger partial charge on any atom is 0.217 e. The monoisotopic (exact) mass is 297 g/mol. The van der Waals surface area contributed by atoms with Crippen molar-refractivity contribution in [1.82, 2.24) is 4.31 Å². The van der Waals surface area contributed by atoms with Gasteiger partial charge in [-0.3, -0.25) is 0 Å². The van der Waals surface area contributed by atoms with Gasteiger partial charge >= 0.3 is 0 Å². The average Bonchev–Trinajstić information content (AvgIpc) is 2.38. The molecule has 0 fully saturated rings. The van der Waals surface area contributed by atoms with Crippen LogP contribution in [-0.4, -0.2) is 38.7 Å². The fourth-order valence-corrected chi connectivity index (χ4v) is 2.62. The van der Waals surface area contributed by atoms with Gasteiger partial charge in [0.15, 0.2) is 0 Å². The van der Waals surface area contributed by atoms with Crippen LogP contribution >= 0.6 is 0 Å². The Bertz CT molecular complexity index is 581. The minimum atomic E-state index is -3.42. The van der Waals surface area contributed by atoms with Crippen LogP contribution in [-0.2, 0) is 10.0 Å². The molecule has 1 rings (SSSR count). The molecule has 0 saturated carbocycles. The van der Waals surface area contributed by atoms with Gasteiger partial charge in [0.2, 0.25) is 10.0 Å². The fourth-order valence-electron chi connectivity index (χ4n) is 1.57. The van der Waals surface area contributed by atoms with E-state index in [9.17, 15) is 8.42 Å². The van der Waals surface area contributed by atoms with Crippen LogP contribution in [0.3, 0.4) is 0 Å². The lowest BCUT2D eigenvalue weighted by atomic mass is 10.2. The summed E-state index contributed by atoms with van der Waals surface area (Å²) in [7, 11) is -1.96. The zero-order valence-corrected chi connectivity index (χ0v) is 12.4. The minimum absolute atomic E-state index is 0.0388. The van der Waals surface area contributed by atoms with E-state index in [-0.39, 0.29) is 24.8 Å². The lowest BCUT2D eigenvalue weighted by Gasteiger charge is -2.18. The molecular weight excluding hydrogens is 278 g/mol. The second kappa shape index (κ2) is 7.12. The van der Waals surface area contributed by atoms with Crippen molar-refractivity contribution in [3.05, 3.63) is 24.3 Å². The average molecular weight is 297 g/mol. The zero-order valence-electron chi connectivity index (χ0n) is 11.6. The zero-order chi connectivity index (χ0) is 15.2. The first-order valence-electron chi connectivity index (χ1n) is 6.17. The lowest BCUT2D eigenvalue weighted by molar-refractivity contribution is 0.336. The van der Waals surface area contributed by atoms with Crippen molar-refractivity contribution in [2.75, 3.05) is 31.7 Å². The van der Waals surface area contributed by atoms with Crippen LogP contribution in [0.5, 0.6) is 5.75 Å². The Balaban J connectivity index is 2.50. The summed E-state index contributed by atoms with van der Waals surface area (Å²) < 4.78 is 30.4. The number of ether oxygens (including phenoxy) is 1. The summed E-state index contributed by atoms with van der Waals surface area (Å²) in [4.78, 5) is 0. The molecule has 0 aromatic heterocycles. The van der Waals surface area contributed by atoms with Crippen LogP contribution in [0.1, 0.15) is 6.92 Å². The second-order valence-corrected chi connectivity index (χ2v) is 6.74. The largest absolute Gasteiger partial charge is 0.492 e. The standard InChI is InChI=1S/C13H19N3O3S/c1-11(9-14)10-16(2)20(17,18)7-6-19-13-5-3-4-12(15)8-13/h3-5,8,11H,6-7,10,15H2,1-2H3. The van der Waals surface area contributed by atoms with Gasteiger partial charge in [0.05, 0.1) is 17.7 Å². The van der Waals surface area contributed by atoms with Crippen LogP contribution in [0.4, 0.5) is 5.69 Å². The van der Waals surface area contributed by atoms with E-state index in [1.165, 1.54) is 11.4 Å². The highest BCUT2D eigenvalue weighted by atomic mass is 32.2. The van der Waals surface area contributed by atoms with Crippen LogP contribution in [0.2, 0.25) is 0 Å². The van der Waals surface area contributed by atoms with Gasteiger partial charge in [-0.15, -0.1) is 0 Å². The van der Waals surface area contributed by atoms with E-state index < -0.39 is 10.0 Å². The number of benzene rings is 1. The molecule has 0 radical (unpaired) electrons. The fraction of sp³-hybridized carbons (Fsp3) is 0.462. The molecule has 0 spiro atoms. The topological polar surface area (TPSA) is 96.4 Å². The van der Waals surface area contributed by atoms with E-state index >= 15 is 0 Å². The van der Waals surface area contributed by atoms with Crippen molar-refractivity contribution in [2.24, 2.45) is 5.92 Å². The SMILES string of the molecule is CC(C#N)CN(C)S(=O)(=O)CCOc1cccc(N)c1. The number of sulfonamides is 1. The number of rotatable bonds is 7. The molecule has 110 valence electrons. The number of anilines is 1. The number of nitrogens with two attached hydrogens (primary N) is 1.